The highest BCUT2D eigenvalue weighted by molar-refractivity contribution is 6.03. The van der Waals surface area contributed by atoms with E-state index in [9.17, 15) is 9.90 Å². The highest BCUT2D eigenvalue weighted by atomic mass is 16.4. The average molecular weight is 292 g/mol. The van der Waals surface area contributed by atoms with Gasteiger partial charge in [0.25, 0.3) is 0 Å². The van der Waals surface area contributed by atoms with E-state index < -0.39 is 5.97 Å². The van der Waals surface area contributed by atoms with E-state index in [4.69, 9.17) is 5.73 Å². The highest BCUT2D eigenvalue weighted by Gasteiger charge is 2.09. The van der Waals surface area contributed by atoms with E-state index in [0.29, 0.717) is 16.7 Å². The summed E-state index contributed by atoms with van der Waals surface area (Å²) >= 11 is 0. The Balaban J connectivity index is 2.12. The first kappa shape index (κ1) is 13.9. The van der Waals surface area contributed by atoms with Crippen LogP contribution in [-0.4, -0.2) is 16.5 Å². The fraction of sp³-hybridized carbons (Fsp3) is 0.0588. The average Bonchev–Trinajstić information content (AvgIpc) is 2.87. The number of nitrogens with zero attached hydrogens (tertiary/aromatic N) is 2. The minimum Gasteiger partial charge on any atom is -0.545 e. The second kappa shape index (κ2) is 5.37. The van der Waals surface area contributed by atoms with E-state index in [0.717, 1.165) is 11.1 Å². The summed E-state index contributed by atoms with van der Waals surface area (Å²) in [5, 5.41) is 16.1. The van der Waals surface area contributed by atoms with Gasteiger partial charge in [0.1, 0.15) is 0 Å². The normalized spacial score (nSPS) is 11.8. The predicted molar refractivity (Wildman–Crippen MR) is 83.6 cm³/mol. The third-order valence-electron chi connectivity index (χ3n) is 3.48. The van der Waals surface area contributed by atoms with Gasteiger partial charge in [-0.15, -0.1) is 0 Å². The van der Waals surface area contributed by atoms with Crippen LogP contribution in [0.25, 0.3) is 10.9 Å². The van der Waals surface area contributed by atoms with Crippen LogP contribution >= 0.6 is 0 Å². The Hall–Kier alpha value is -3.08. The third-order valence-corrected chi connectivity index (χ3v) is 3.48. The molecular weight excluding hydrogens is 278 g/mol. The number of rotatable bonds is 3. The molecule has 0 atom stereocenters. The molecule has 0 radical (unpaired) electrons. The molecule has 3 rings (SSSR count). The van der Waals surface area contributed by atoms with Gasteiger partial charge in [-0.25, -0.2) is 4.68 Å². The molecule has 2 N–H and O–H groups in total. The number of aromatic nitrogens is 1. The maximum Gasteiger partial charge on any atom is 0.151 e. The molecule has 0 fully saturated rings. The molecule has 0 aliphatic carbocycles. The lowest BCUT2D eigenvalue weighted by molar-refractivity contribution is -0.254. The Morgan fingerprint density at radius 2 is 1.82 bits per heavy atom. The van der Waals surface area contributed by atoms with Crippen LogP contribution in [0, 0.1) is 6.92 Å². The lowest BCUT2D eigenvalue weighted by Crippen LogP contribution is -2.21. The molecular formula is C17H14N3O2-. The van der Waals surface area contributed by atoms with Gasteiger partial charge in [-0.05, 0) is 13.0 Å². The smallest absolute Gasteiger partial charge is 0.151 e. The van der Waals surface area contributed by atoms with Gasteiger partial charge in [0.15, 0.2) is 5.84 Å². The molecule has 0 saturated carbocycles. The van der Waals surface area contributed by atoms with E-state index >= 15 is 0 Å². The van der Waals surface area contributed by atoms with Crippen LogP contribution in [0.3, 0.4) is 0 Å². The number of benzene rings is 2. The standard InChI is InChI=1S/C17H15N3O2/c1-11-6-8-12(9-7-11)16(18)19-20-10-14(17(21)22)13-4-2-3-5-15(13)20/h2-10H,1H3,(H2,18,19)(H,21,22)/p-1. The van der Waals surface area contributed by atoms with Crippen molar-refractivity contribution in [1.29, 1.82) is 0 Å². The number of hydrogen-bond acceptors (Lipinski definition) is 3. The number of aryl methyl sites for hydroxylation is 1. The summed E-state index contributed by atoms with van der Waals surface area (Å²) in [4.78, 5) is 11.2. The Morgan fingerprint density at radius 1 is 1.14 bits per heavy atom. The van der Waals surface area contributed by atoms with Crippen molar-refractivity contribution >= 4 is 22.7 Å². The van der Waals surface area contributed by atoms with Crippen LogP contribution < -0.4 is 10.8 Å². The zero-order valence-electron chi connectivity index (χ0n) is 12.0. The van der Waals surface area contributed by atoms with Gasteiger partial charge >= 0.3 is 0 Å². The number of para-hydroxylation sites is 1. The number of fused-ring (bicyclic) bond motifs is 1. The summed E-state index contributed by atoms with van der Waals surface area (Å²) < 4.78 is 1.47. The van der Waals surface area contributed by atoms with Crippen LogP contribution in [0.4, 0.5) is 0 Å². The lowest BCUT2D eigenvalue weighted by atomic mass is 10.1. The Labute approximate surface area is 127 Å². The number of carbonyl (C=O) groups excluding carboxylic acids is 1. The van der Waals surface area contributed by atoms with Crippen molar-refractivity contribution in [1.82, 2.24) is 4.68 Å². The number of nitrogens with two attached hydrogens (primary N) is 1. The minimum absolute atomic E-state index is 0.0936. The number of hydrogen-bond donors (Lipinski definition) is 1. The molecule has 1 heterocycles. The number of carboxylic acid groups (broad SMARTS) is 1. The fourth-order valence-electron chi connectivity index (χ4n) is 2.31. The van der Waals surface area contributed by atoms with Crippen molar-refractivity contribution in [3.63, 3.8) is 0 Å². The summed E-state index contributed by atoms with van der Waals surface area (Å²) in [5.41, 5.74) is 8.68. The zero-order chi connectivity index (χ0) is 15.7. The molecule has 0 unspecified atom stereocenters. The number of carbonyl (C=O) groups is 1. The highest BCUT2D eigenvalue weighted by Crippen LogP contribution is 2.21. The summed E-state index contributed by atoms with van der Waals surface area (Å²) in [7, 11) is 0. The first-order valence-electron chi connectivity index (χ1n) is 6.79. The van der Waals surface area contributed by atoms with E-state index in [2.05, 4.69) is 5.10 Å². The van der Waals surface area contributed by atoms with Gasteiger partial charge in [0.05, 0.1) is 11.5 Å². The molecule has 3 aromatic rings. The van der Waals surface area contributed by atoms with Crippen molar-refractivity contribution in [3.8, 4) is 0 Å². The summed E-state index contributed by atoms with van der Waals surface area (Å²) in [5.74, 6) is -0.926. The minimum atomic E-state index is -1.24. The van der Waals surface area contributed by atoms with Gasteiger partial charge < -0.3 is 15.6 Å². The quantitative estimate of drug-likeness (QED) is 0.586. The van der Waals surface area contributed by atoms with Crippen molar-refractivity contribution < 1.29 is 9.90 Å². The second-order valence-corrected chi connectivity index (χ2v) is 5.04. The molecule has 0 saturated heterocycles. The lowest BCUT2D eigenvalue weighted by Gasteiger charge is -2.03. The van der Waals surface area contributed by atoms with Gasteiger partial charge in [-0.3, -0.25) is 0 Å². The molecule has 5 heteroatoms. The molecule has 2 aromatic carbocycles. The number of amidine groups is 1. The van der Waals surface area contributed by atoms with Gasteiger partial charge in [-0.1, -0.05) is 48.0 Å². The van der Waals surface area contributed by atoms with Crippen LogP contribution in [0.2, 0.25) is 0 Å². The van der Waals surface area contributed by atoms with E-state index in [1.807, 2.05) is 37.3 Å². The van der Waals surface area contributed by atoms with Crippen molar-refractivity contribution in [2.75, 3.05) is 0 Å². The molecule has 0 aliphatic rings. The fourth-order valence-corrected chi connectivity index (χ4v) is 2.31. The molecule has 0 aliphatic heterocycles. The molecule has 0 amide bonds. The van der Waals surface area contributed by atoms with Gasteiger partial charge in [0, 0.05) is 22.7 Å². The third kappa shape index (κ3) is 2.44. The van der Waals surface area contributed by atoms with Gasteiger partial charge in [-0.2, -0.15) is 5.10 Å². The van der Waals surface area contributed by atoms with Crippen LogP contribution in [0.5, 0.6) is 0 Å². The number of aromatic carboxylic acids is 1. The maximum atomic E-state index is 11.2. The van der Waals surface area contributed by atoms with Crippen molar-refractivity contribution in [3.05, 3.63) is 71.4 Å². The van der Waals surface area contributed by atoms with E-state index in [-0.39, 0.29) is 5.56 Å². The van der Waals surface area contributed by atoms with Crippen molar-refractivity contribution in [2.45, 2.75) is 6.92 Å². The first-order chi connectivity index (χ1) is 10.6. The Bertz CT molecular complexity index is 877. The summed E-state index contributed by atoms with van der Waals surface area (Å²) in [6, 6.07) is 14.7. The largest absolute Gasteiger partial charge is 0.545 e. The van der Waals surface area contributed by atoms with E-state index in [1.165, 1.54) is 10.9 Å². The Kier molecular flexibility index (Phi) is 3.39. The topological polar surface area (TPSA) is 83.4 Å². The van der Waals surface area contributed by atoms with Crippen LogP contribution in [-0.2, 0) is 0 Å². The second-order valence-electron chi connectivity index (χ2n) is 5.04. The molecule has 5 nitrogen and oxygen atoms in total. The Morgan fingerprint density at radius 3 is 2.50 bits per heavy atom. The molecule has 1 aromatic heterocycles. The molecule has 22 heavy (non-hydrogen) atoms. The molecule has 0 bridgehead atoms. The van der Waals surface area contributed by atoms with Crippen LogP contribution in [0.15, 0.2) is 59.8 Å². The summed E-state index contributed by atoms with van der Waals surface area (Å²) in [6.07, 6.45) is 1.42. The van der Waals surface area contributed by atoms with Crippen molar-refractivity contribution in [2.24, 2.45) is 10.8 Å². The maximum absolute atomic E-state index is 11.2. The monoisotopic (exact) mass is 292 g/mol. The van der Waals surface area contributed by atoms with Gasteiger partial charge in [0.2, 0.25) is 0 Å². The van der Waals surface area contributed by atoms with E-state index in [1.54, 1.807) is 18.2 Å². The summed E-state index contributed by atoms with van der Waals surface area (Å²) in [6.45, 7) is 1.99. The predicted octanol–water partition coefficient (Wildman–Crippen LogP) is 1.48. The molecule has 0 spiro atoms. The van der Waals surface area contributed by atoms with Crippen LogP contribution in [0.1, 0.15) is 21.5 Å². The first-order valence-corrected chi connectivity index (χ1v) is 6.79. The zero-order valence-corrected chi connectivity index (χ0v) is 12.0. The molecule has 110 valence electrons. The number of carboxylic acids is 1. The SMILES string of the molecule is Cc1ccc(/C(N)=N/n2cc(C(=O)[O-])c3ccccc32)cc1.